The molecule has 0 fully saturated rings. The van der Waals surface area contributed by atoms with E-state index < -0.39 is 5.97 Å². The van der Waals surface area contributed by atoms with Crippen LogP contribution in [0.4, 0.5) is 0 Å². The van der Waals surface area contributed by atoms with E-state index >= 15 is 0 Å². The summed E-state index contributed by atoms with van der Waals surface area (Å²) in [5, 5.41) is 0. The lowest BCUT2D eigenvalue weighted by Crippen LogP contribution is -2.01. The van der Waals surface area contributed by atoms with Crippen LogP contribution in [-0.4, -0.2) is 12.4 Å². The van der Waals surface area contributed by atoms with Gasteiger partial charge in [0.15, 0.2) is 0 Å². The van der Waals surface area contributed by atoms with Crippen molar-refractivity contribution < 1.29 is 14.3 Å². The Morgan fingerprint density at radius 1 is 1.15 bits per heavy atom. The van der Waals surface area contributed by atoms with Gasteiger partial charge >= 0.3 is 12.4 Å². The van der Waals surface area contributed by atoms with E-state index in [1.54, 1.807) is 0 Å². The van der Waals surface area contributed by atoms with Gasteiger partial charge in [-0.05, 0) is 6.42 Å². The predicted octanol–water partition coefficient (Wildman–Crippen LogP) is 2.44. The Morgan fingerprint density at radius 2 is 1.77 bits per heavy atom. The number of hydrogen-bond donors (Lipinski definition) is 0. The number of rotatable bonds is 8. The number of carbonyl (C=O) groups excluding carboxylic acids is 2. The summed E-state index contributed by atoms with van der Waals surface area (Å²) in [6.07, 6.45) is 7.14. The van der Waals surface area contributed by atoms with Crippen LogP contribution in [-0.2, 0) is 14.3 Å². The van der Waals surface area contributed by atoms with Crippen molar-refractivity contribution in [1.29, 1.82) is 0 Å². The molecule has 0 aromatic heterocycles. The van der Waals surface area contributed by atoms with Gasteiger partial charge in [-0.15, -0.1) is 0 Å². The highest BCUT2D eigenvalue weighted by Crippen LogP contribution is 2.06. The number of ether oxygens (including phenoxy) is 1. The molecule has 0 spiro atoms. The van der Waals surface area contributed by atoms with Gasteiger partial charge < -0.3 is 4.74 Å². The lowest BCUT2D eigenvalue weighted by atomic mass is 10.1. The molecule has 0 saturated carbocycles. The highest BCUT2D eigenvalue weighted by molar-refractivity contribution is 5.76. The van der Waals surface area contributed by atoms with Crippen molar-refractivity contribution in [2.75, 3.05) is 0 Å². The smallest absolute Gasteiger partial charge is 0.313 e. The molecule has 0 aliphatic carbocycles. The molecule has 0 bridgehead atoms. The second-order valence-electron chi connectivity index (χ2n) is 3.10. The first kappa shape index (κ1) is 12.1. The number of hydrogen-bond acceptors (Lipinski definition) is 3. The lowest BCUT2D eigenvalue weighted by molar-refractivity contribution is -0.151. The first-order valence-electron chi connectivity index (χ1n) is 4.94. The molecule has 0 radical (unpaired) electrons. The molecule has 0 N–H and O–H groups in total. The zero-order valence-corrected chi connectivity index (χ0v) is 8.25. The van der Waals surface area contributed by atoms with Crippen molar-refractivity contribution in [3.8, 4) is 0 Å². The second kappa shape index (κ2) is 9.23. The molecule has 0 saturated heterocycles. The molecule has 0 rings (SSSR count). The van der Waals surface area contributed by atoms with Crippen LogP contribution in [0.15, 0.2) is 0 Å². The maximum atomic E-state index is 10.7. The molecule has 0 heterocycles. The van der Waals surface area contributed by atoms with Crippen molar-refractivity contribution in [2.45, 2.75) is 51.9 Å². The van der Waals surface area contributed by atoms with E-state index in [1.165, 1.54) is 25.7 Å². The van der Waals surface area contributed by atoms with Gasteiger partial charge in [0.25, 0.3) is 0 Å². The molecule has 13 heavy (non-hydrogen) atoms. The molecule has 76 valence electrons. The SMILES string of the molecule is CCCCCCCCC(=O)OC=O. The summed E-state index contributed by atoms with van der Waals surface area (Å²) in [5.41, 5.74) is 0. The first-order valence-corrected chi connectivity index (χ1v) is 4.94. The Morgan fingerprint density at radius 3 is 2.38 bits per heavy atom. The fourth-order valence-corrected chi connectivity index (χ4v) is 1.16. The van der Waals surface area contributed by atoms with E-state index in [1.807, 2.05) is 0 Å². The molecule has 0 aliphatic heterocycles. The standard InChI is InChI=1S/C10H18O3/c1-2-3-4-5-6-7-8-10(12)13-9-11/h9H,2-8H2,1H3. The van der Waals surface area contributed by atoms with E-state index in [2.05, 4.69) is 11.7 Å². The molecular formula is C10H18O3. The van der Waals surface area contributed by atoms with E-state index in [0.29, 0.717) is 6.42 Å². The summed E-state index contributed by atoms with van der Waals surface area (Å²) < 4.78 is 4.15. The van der Waals surface area contributed by atoms with Gasteiger partial charge in [-0.1, -0.05) is 39.0 Å². The Labute approximate surface area is 79.5 Å². The summed E-state index contributed by atoms with van der Waals surface area (Å²) in [7, 11) is 0. The van der Waals surface area contributed by atoms with Crippen LogP contribution in [0.2, 0.25) is 0 Å². The Hall–Kier alpha value is -0.860. The molecule has 0 amide bonds. The maximum absolute atomic E-state index is 10.7. The Bertz CT molecular complexity index is 143. The summed E-state index contributed by atoms with van der Waals surface area (Å²) in [6, 6.07) is 0. The van der Waals surface area contributed by atoms with Crippen molar-refractivity contribution in [2.24, 2.45) is 0 Å². The van der Waals surface area contributed by atoms with E-state index in [4.69, 9.17) is 0 Å². The third kappa shape index (κ3) is 9.05. The quantitative estimate of drug-likeness (QED) is 0.253. The van der Waals surface area contributed by atoms with Crippen LogP contribution in [0.25, 0.3) is 0 Å². The van der Waals surface area contributed by atoms with Crippen LogP contribution in [0, 0.1) is 0 Å². The predicted molar refractivity (Wildman–Crippen MR) is 50.1 cm³/mol. The third-order valence-corrected chi connectivity index (χ3v) is 1.91. The van der Waals surface area contributed by atoms with Crippen LogP contribution in [0.3, 0.4) is 0 Å². The topological polar surface area (TPSA) is 43.4 Å². The largest absolute Gasteiger partial charge is 0.395 e. The Kier molecular flexibility index (Phi) is 8.62. The fraction of sp³-hybridized carbons (Fsp3) is 0.800. The van der Waals surface area contributed by atoms with Crippen molar-refractivity contribution in [1.82, 2.24) is 0 Å². The summed E-state index contributed by atoms with van der Waals surface area (Å²) >= 11 is 0. The first-order chi connectivity index (χ1) is 6.31. The molecule has 3 heteroatoms. The van der Waals surface area contributed by atoms with Crippen molar-refractivity contribution in [3.05, 3.63) is 0 Å². The average Bonchev–Trinajstić information content (AvgIpc) is 2.11. The number of esters is 1. The monoisotopic (exact) mass is 186 g/mol. The van der Waals surface area contributed by atoms with Gasteiger partial charge in [0.2, 0.25) is 0 Å². The van der Waals surface area contributed by atoms with Crippen LogP contribution < -0.4 is 0 Å². The highest BCUT2D eigenvalue weighted by atomic mass is 16.6. The minimum absolute atomic E-state index is 0.194. The van der Waals surface area contributed by atoms with Gasteiger partial charge in [-0.3, -0.25) is 9.59 Å². The van der Waals surface area contributed by atoms with Gasteiger partial charge in [-0.2, -0.15) is 0 Å². The Balaban J connectivity index is 3.06. The number of unbranched alkanes of at least 4 members (excludes halogenated alkanes) is 5. The maximum Gasteiger partial charge on any atom is 0.313 e. The summed E-state index contributed by atoms with van der Waals surface area (Å²) in [4.78, 5) is 20.4. The van der Waals surface area contributed by atoms with Gasteiger partial charge in [0.05, 0.1) is 0 Å². The van der Waals surface area contributed by atoms with Crippen molar-refractivity contribution >= 4 is 12.4 Å². The van der Waals surface area contributed by atoms with Gasteiger partial charge in [-0.25, -0.2) is 0 Å². The van der Waals surface area contributed by atoms with E-state index in [0.717, 1.165) is 12.8 Å². The molecule has 0 unspecified atom stereocenters. The van der Waals surface area contributed by atoms with E-state index in [-0.39, 0.29) is 6.47 Å². The average molecular weight is 186 g/mol. The number of carbonyl (C=O) groups is 2. The van der Waals surface area contributed by atoms with Crippen LogP contribution >= 0.6 is 0 Å². The minimum atomic E-state index is -0.412. The highest BCUT2D eigenvalue weighted by Gasteiger charge is 2.00. The molecule has 0 aromatic carbocycles. The zero-order valence-electron chi connectivity index (χ0n) is 8.25. The summed E-state index contributed by atoms with van der Waals surface area (Å²) in [6.45, 7) is 2.36. The van der Waals surface area contributed by atoms with Crippen LogP contribution in [0.1, 0.15) is 51.9 Å². The van der Waals surface area contributed by atoms with E-state index in [9.17, 15) is 9.59 Å². The van der Waals surface area contributed by atoms with Crippen LogP contribution in [0.5, 0.6) is 0 Å². The molecule has 0 aliphatic rings. The minimum Gasteiger partial charge on any atom is -0.395 e. The lowest BCUT2D eigenvalue weighted by Gasteiger charge is -1.98. The van der Waals surface area contributed by atoms with Gasteiger partial charge in [0, 0.05) is 6.42 Å². The third-order valence-electron chi connectivity index (χ3n) is 1.91. The second-order valence-corrected chi connectivity index (χ2v) is 3.10. The normalized spacial score (nSPS) is 9.62. The van der Waals surface area contributed by atoms with Gasteiger partial charge in [0.1, 0.15) is 0 Å². The molecule has 0 atom stereocenters. The fourth-order valence-electron chi connectivity index (χ4n) is 1.16. The van der Waals surface area contributed by atoms with Crippen molar-refractivity contribution in [3.63, 3.8) is 0 Å². The summed E-state index contributed by atoms with van der Waals surface area (Å²) in [5.74, 6) is -0.412. The zero-order chi connectivity index (χ0) is 9.94. The molecule has 3 nitrogen and oxygen atoms in total. The molecular weight excluding hydrogens is 168 g/mol. The molecule has 0 aromatic rings.